The number of fused-ring (bicyclic) bond motifs is 1. The number of hydrogen-bond donors (Lipinski definition) is 2. The number of sulfone groups is 1. The first-order chi connectivity index (χ1) is 19.3. The van der Waals surface area contributed by atoms with Gasteiger partial charge in [-0.1, -0.05) is 30.3 Å². The highest BCUT2D eigenvalue weighted by molar-refractivity contribution is 7.92. The van der Waals surface area contributed by atoms with Crippen molar-refractivity contribution in [2.45, 2.75) is 62.1 Å². The molecule has 0 unspecified atom stereocenters. The number of benzene rings is 2. The Bertz CT molecular complexity index is 1700. The number of pyridine rings is 1. The molecule has 1 saturated carbocycles. The Balaban J connectivity index is 1.38. The van der Waals surface area contributed by atoms with E-state index in [4.69, 9.17) is 4.98 Å². The monoisotopic (exact) mass is 557 g/mol. The molecule has 40 heavy (non-hydrogen) atoms. The van der Waals surface area contributed by atoms with Crippen LogP contribution < -0.4 is 16.2 Å². The summed E-state index contributed by atoms with van der Waals surface area (Å²) in [7, 11) is -3.59. The van der Waals surface area contributed by atoms with Gasteiger partial charge in [0.25, 0.3) is 5.56 Å². The molecule has 3 heterocycles. The topological polar surface area (TPSA) is 106 Å². The molecule has 9 heteroatoms. The Morgan fingerprint density at radius 1 is 1.00 bits per heavy atom. The van der Waals surface area contributed by atoms with Crippen LogP contribution in [0.2, 0.25) is 0 Å². The molecule has 6 rings (SSSR count). The summed E-state index contributed by atoms with van der Waals surface area (Å²) >= 11 is 0. The number of anilines is 2. The first kappa shape index (κ1) is 26.7. The van der Waals surface area contributed by atoms with E-state index in [1.165, 1.54) is 5.56 Å². The molecule has 2 aliphatic rings. The summed E-state index contributed by atoms with van der Waals surface area (Å²) in [5.41, 5.74) is 3.32. The fourth-order valence-corrected chi connectivity index (χ4v) is 6.71. The van der Waals surface area contributed by atoms with Crippen LogP contribution in [0.15, 0.2) is 70.5 Å². The lowest BCUT2D eigenvalue weighted by Gasteiger charge is -2.23. The molecular formula is C31H35N5O3S. The zero-order valence-corrected chi connectivity index (χ0v) is 23.7. The Morgan fingerprint density at radius 3 is 2.42 bits per heavy atom. The van der Waals surface area contributed by atoms with Crippen molar-refractivity contribution < 1.29 is 8.42 Å². The predicted molar refractivity (Wildman–Crippen MR) is 159 cm³/mol. The van der Waals surface area contributed by atoms with Gasteiger partial charge in [0.2, 0.25) is 5.95 Å². The van der Waals surface area contributed by atoms with Gasteiger partial charge in [-0.25, -0.2) is 13.4 Å². The van der Waals surface area contributed by atoms with Gasteiger partial charge < -0.3 is 10.6 Å². The molecule has 208 valence electrons. The molecule has 8 nitrogen and oxygen atoms in total. The highest BCUT2D eigenvalue weighted by atomic mass is 32.2. The molecule has 4 aromatic rings. The van der Waals surface area contributed by atoms with E-state index in [0.29, 0.717) is 46.5 Å². The van der Waals surface area contributed by atoms with Gasteiger partial charge in [-0.3, -0.25) is 9.36 Å². The first-order valence-electron chi connectivity index (χ1n) is 14.1. The Kier molecular flexibility index (Phi) is 7.18. The Labute approximate surface area is 234 Å². The van der Waals surface area contributed by atoms with Crippen LogP contribution >= 0.6 is 0 Å². The van der Waals surface area contributed by atoms with Crippen LogP contribution in [-0.4, -0.2) is 41.3 Å². The lowest BCUT2D eigenvalue weighted by Crippen LogP contribution is -2.26. The molecule has 1 aliphatic heterocycles. The fourth-order valence-electron chi connectivity index (χ4n) is 5.45. The Hall–Kier alpha value is -3.56. The average Bonchev–Trinajstić information content (AvgIpc) is 3.80. The van der Waals surface area contributed by atoms with Gasteiger partial charge in [-0.05, 0) is 94.3 Å². The summed E-state index contributed by atoms with van der Waals surface area (Å²) in [6.45, 7) is 5.96. The van der Waals surface area contributed by atoms with E-state index in [9.17, 15) is 13.2 Å². The molecule has 2 N–H and O–H groups in total. The lowest BCUT2D eigenvalue weighted by molar-refractivity contribution is 0.460. The zero-order chi connectivity index (χ0) is 27.9. The molecule has 2 aromatic heterocycles. The van der Waals surface area contributed by atoms with Crippen LogP contribution in [0.5, 0.6) is 0 Å². The van der Waals surface area contributed by atoms with E-state index in [2.05, 4.69) is 39.9 Å². The normalized spacial score (nSPS) is 16.5. The van der Waals surface area contributed by atoms with Gasteiger partial charge in [0.05, 0.1) is 10.1 Å². The predicted octanol–water partition coefficient (Wildman–Crippen LogP) is 5.26. The summed E-state index contributed by atoms with van der Waals surface area (Å²) in [5, 5.41) is 6.80. The van der Waals surface area contributed by atoms with Crippen LogP contribution in [-0.2, 0) is 16.4 Å². The second kappa shape index (κ2) is 10.8. The number of nitrogens with one attached hydrogen (secondary N) is 2. The molecule has 0 atom stereocenters. The molecule has 1 saturated heterocycles. The van der Waals surface area contributed by atoms with Gasteiger partial charge >= 0.3 is 0 Å². The first-order valence-corrected chi connectivity index (χ1v) is 15.7. The van der Waals surface area contributed by atoms with Crippen molar-refractivity contribution in [3.8, 4) is 11.1 Å². The van der Waals surface area contributed by atoms with Crippen molar-refractivity contribution in [3.05, 3.63) is 76.7 Å². The van der Waals surface area contributed by atoms with Crippen LogP contribution in [0.25, 0.3) is 22.2 Å². The van der Waals surface area contributed by atoms with Gasteiger partial charge in [-0.15, -0.1) is 0 Å². The van der Waals surface area contributed by atoms with E-state index >= 15 is 0 Å². The molecule has 2 fully saturated rings. The molecule has 1 aliphatic carbocycles. The minimum atomic E-state index is -3.59. The third kappa shape index (κ3) is 5.28. The van der Waals surface area contributed by atoms with E-state index in [-0.39, 0.29) is 10.5 Å². The largest absolute Gasteiger partial charge is 0.324 e. The second-order valence-electron chi connectivity index (χ2n) is 11.3. The van der Waals surface area contributed by atoms with E-state index in [1.54, 1.807) is 54.9 Å². The summed E-state index contributed by atoms with van der Waals surface area (Å²) in [5.74, 6) is 1.42. The van der Waals surface area contributed by atoms with E-state index in [0.717, 1.165) is 44.5 Å². The van der Waals surface area contributed by atoms with Gasteiger partial charge in [0.1, 0.15) is 5.65 Å². The lowest BCUT2D eigenvalue weighted by atomic mass is 9.90. The van der Waals surface area contributed by atoms with Crippen LogP contribution in [0.4, 0.5) is 11.6 Å². The highest BCUT2D eigenvalue weighted by Crippen LogP contribution is 2.33. The zero-order valence-electron chi connectivity index (χ0n) is 22.9. The van der Waals surface area contributed by atoms with Gasteiger partial charge in [0.15, 0.2) is 9.84 Å². The van der Waals surface area contributed by atoms with Gasteiger partial charge in [-0.2, -0.15) is 4.98 Å². The average molecular weight is 558 g/mol. The quantitative estimate of drug-likeness (QED) is 0.304. The fraction of sp³-hybridized carbons (Fsp3) is 0.387. The van der Waals surface area contributed by atoms with Crippen molar-refractivity contribution in [1.82, 2.24) is 19.9 Å². The summed E-state index contributed by atoms with van der Waals surface area (Å²) in [4.78, 5) is 23.4. The number of nitrogens with zero attached hydrogens (tertiary/aromatic N) is 3. The second-order valence-corrected chi connectivity index (χ2v) is 13.7. The number of rotatable bonds is 8. The third-order valence-electron chi connectivity index (χ3n) is 8.05. The standard InChI is InChI=1S/C31H35N5O3S/c1-20(2)40(38,39)28-6-4-3-5-26(28)27-17-24-18-33-31(35-29(24)36(30(27)37)19-21-7-8-21)34-25-11-9-22(10-12-25)23-13-15-32-16-14-23/h3-6,9-12,17-18,20-21,23,32H,7-8,13-16,19H2,1-2H3,(H,33,34,35). The van der Waals surface area contributed by atoms with Crippen molar-refractivity contribution in [3.63, 3.8) is 0 Å². The third-order valence-corrected chi connectivity index (χ3v) is 10.3. The van der Waals surface area contributed by atoms with Crippen LogP contribution in [0.1, 0.15) is 51.0 Å². The smallest absolute Gasteiger partial charge is 0.260 e. The molecule has 0 bridgehead atoms. The van der Waals surface area contributed by atoms with Crippen molar-refractivity contribution in [1.29, 1.82) is 0 Å². The molecule has 0 spiro atoms. The maximum atomic E-state index is 13.9. The minimum Gasteiger partial charge on any atom is -0.324 e. The van der Waals surface area contributed by atoms with Crippen molar-refractivity contribution in [2.75, 3.05) is 18.4 Å². The van der Waals surface area contributed by atoms with Gasteiger partial charge in [0, 0.05) is 34.9 Å². The maximum absolute atomic E-state index is 13.9. The molecule has 0 radical (unpaired) electrons. The summed E-state index contributed by atoms with van der Waals surface area (Å²) < 4.78 is 28.0. The summed E-state index contributed by atoms with van der Waals surface area (Å²) in [6, 6.07) is 16.9. The molecular weight excluding hydrogens is 522 g/mol. The van der Waals surface area contributed by atoms with Crippen molar-refractivity contribution >= 4 is 32.5 Å². The molecule has 2 aromatic carbocycles. The minimum absolute atomic E-state index is 0.173. The number of aromatic nitrogens is 3. The highest BCUT2D eigenvalue weighted by Gasteiger charge is 2.27. The molecule has 0 amide bonds. The van der Waals surface area contributed by atoms with Crippen LogP contribution in [0, 0.1) is 5.92 Å². The summed E-state index contributed by atoms with van der Waals surface area (Å²) in [6.07, 6.45) is 6.13. The Morgan fingerprint density at radius 2 is 1.73 bits per heavy atom. The van der Waals surface area contributed by atoms with E-state index < -0.39 is 15.1 Å². The number of piperidine rings is 1. The maximum Gasteiger partial charge on any atom is 0.260 e. The SMILES string of the molecule is CC(C)S(=O)(=O)c1ccccc1-c1cc2cnc(Nc3ccc(C4CCNCC4)cc3)nc2n(CC2CC2)c1=O. The number of hydrogen-bond acceptors (Lipinski definition) is 7. The van der Waals surface area contributed by atoms with Crippen molar-refractivity contribution in [2.24, 2.45) is 5.92 Å². The van der Waals surface area contributed by atoms with E-state index in [1.807, 2.05) is 0 Å². The van der Waals surface area contributed by atoms with Crippen LogP contribution in [0.3, 0.4) is 0 Å².